The van der Waals surface area contributed by atoms with Gasteiger partial charge in [-0.15, -0.1) is 11.8 Å². The summed E-state index contributed by atoms with van der Waals surface area (Å²) in [6.07, 6.45) is 12.7. The summed E-state index contributed by atoms with van der Waals surface area (Å²) in [5, 5.41) is 0. The summed E-state index contributed by atoms with van der Waals surface area (Å²) >= 11 is 1.44. The molecule has 158 valence electrons. The fourth-order valence-electron chi connectivity index (χ4n) is 3.40. The molecule has 0 saturated heterocycles. The Bertz CT molecular complexity index is 734. The number of hydrogen-bond acceptors (Lipinski definition) is 3. The maximum Gasteiger partial charge on any atom is 0.186 e. The van der Waals surface area contributed by atoms with E-state index in [0.29, 0.717) is 22.0 Å². The number of halogens is 2. The van der Waals surface area contributed by atoms with E-state index in [4.69, 9.17) is 8.83 Å². The Morgan fingerprint density at radius 1 is 0.679 bits per heavy atom. The number of unbranched alkanes of at least 4 members (excludes halogenated alkanes) is 9. The van der Waals surface area contributed by atoms with Gasteiger partial charge in [-0.1, -0.05) is 64.7 Å². The molecule has 2 heterocycles. The van der Waals surface area contributed by atoms with Gasteiger partial charge in [-0.2, -0.15) is 0 Å². The maximum atomic E-state index is 14.5. The Balaban J connectivity index is 1.78. The van der Waals surface area contributed by atoms with Crippen LogP contribution >= 0.6 is 11.8 Å². The number of aryl methyl sites for hydroxylation is 2. The van der Waals surface area contributed by atoms with E-state index in [1.807, 2.05) is 0 Å². The standard InChI is InChI=1S/C23H34F2O2S/c1-5-6-7-8-9-10-11-12-13-14-15-28-23-20(25)18(4)27-22(23)21-16(2)19(24)17(3)26-21/h5-15H2,1-4H3. The van der Waals surface area contributed by atoms with Crippen molar-refractivity contribution in [1.82, 2.24) is 0 Å². The summed E-state index contributed by atoms with van der Waals surface area (Å²) in [5.41, 5.74) is 0.368. The van der Waals surface area contributed by atoms with Gasteiger partial charge in [-0.3, -0.25) is 0 Å². The minimum atomic E-state index is -0.393. The van der Waals surface area contributed by atoms with Crippen molar-refractivity contribution >= 4 is 11.8 Å². The van der Waals surface area contributed by atoms with Crippen LogP contribution in [0.1, 0.15) is 88.2 Å². The van der Waals surface area contributed by atoms with Crippen molar-refractivity contribution in [3.05, 3.63) is 28.7 Å². The molecule has 0 unspecified atom stereocenters. The van der Waals surface area contributed by atoms with Crippen molar-refractivity contribution in [1.29, 1.82) is 0 Å². The van der Waals surface area contributed by atoms with Gasteiger partial charge in [0.15, 0.2) is 23.2 Å². The Morgan fingerprint density at radius 2 is 1.18 bits per heavy atom. The summed E-state index contributed by atoms with van der Waals surface area (Å²) in [4.78, 5) is 0.435. The van der Waals surface area contributed by atoms with E-state index in [1.54, 1.807) is 20.8 Å². The molecule has 0 aliphatic rings. The maximum absolute atomic E-state index is 14.5. The number of rotatable bonds is 13. The molecule has 2 aromatic rings. The zero-order chi connectivity index (χ0) is 20.5. The van der Waals surface area contributed by atoms with Crippen molar-refractivity contribution in [3.63, 3.8) is 0 Å². The molecule has 0 spiro atoms. The van der Waals surface area contributed by atoms with E-state index in [9.17, 15) is 8.78 Å². The monoisotopic (exact) mass is 412 g/mol. The largest absolute Gasteiger partial charge is 0.455 e. The lowest BCUT2D eigenvalue weighted by molar-refractivity contribution is 0.470. The normalized spacial score (nSPS) is 11.5. The van der Waals surface area contributed by atoms with Gasteiger partial charge in [-0.25, -0.2) is 8.78 Å². The zero-order valence-electron chi connectivity index (χ0n) is 17.8. The first-order valence-corrected chi connectivity index (χ1v) is 11.6. The van der Waals surface area contributed by atoms with E-state index in [1.165, 1.54) is 63.1 Å². The molecule has 0 aromatic carbocycles. The van der Waals surface area contributed by atoms with Gasteiger partial charge >= 0.3 is 0 Å². The average molecular weight is 413 g/mol. The summed E-state index contributed by atoms with van der Waals surface area (Å²) in [7, 11) is 0. The van der Waals surface area contributed by atoms with E-state index < -0.39 is 5.82 Å². The minimum absolute atomic E-state index is 0.201. The van der Waals surface area contributed by atoms with Gasteiger partial charge in [0.25, 0.3) is 0 Å². The second-order valence-electron chi connectivity index (χ2n) is 7.59. The quantitative estimate of drug-likeness (QED) is 0.243. The highest BCUT2D eigenvalue weighted by molar-refractivity contribution is 7.99. The molecule has 0 bridgehead atoms. The second kappa shape index (κ2) is 11.7. The molecular weight excluding hydrogens is 378 g/mol. The Morgan fingerprint density at radius 3 is 1.71 bits per heavy atom. The Hall–Kier alpha value is -1.23. The van der Waals surface area contributed by atoms with Crippen LogP contribution in [-0.4, -0.2) is 5.75 Å². The van der Waals surface area contributed by atoms with Gasteiger partial charge < -0.3 is 8.83 Å². The summed E-state index contributed by atoms with van der Waals surface area (Å²) in [6.45, 7) is 7.03. The number of thioether (sulfide) groups is 1. The molecule has 0 saturated carbocycles. The van der Waals surface area contributed by atoms with Crippen LogP contribution in [0.5, 0.6) is 0 Å². The van der Waals surface area contributed by atoms with Crippen molar-refractivity contribution in [2.24, 2.45) is 0 Å². The van der Waals surface area contributed by atoms with Gasteiger partial charge in [0, 0.05) is 5.56 Å². The first-order chi connectivity index (χ1) is 13.5. The lowest BCUT2D eigenvalue weighted by atomic mass is 10.1. The molecule has 0 radical (unpaired) electrons. The third-order valence-electron chi connectivity index (χ3n) is 5.15. The SMILES string of the molecule is CCCCCCCCCCCCSc1c(-c2oc(C)c(F)c2C)oc(C)c1F. The van der Waals surface area contributed by atoms with Crippen molar-refractivity contribution in [3.8, 4) is 11.5 Å². The molecule has 0 atom stereocenters. The third-order valence-corrected chi connectivity index (χ3v) is 6.30. The first kappa shape index (κ1) is 23.1. The molecular formula is C23H34F2O2S. The lowest BCUT2D eigenvalue weighted by Crippen LogP contribution is -1.86. The van der Waals surface area contributed by atoms with Gasteiger partial charge in [0.05, 0.1) is 4.90 Å². The van der Waals surface area contributed by atoms with E-state index >= 15 is 0 Å². The first-order valence-electron chi connectivity index (χ1n) is 10.6. The highest BCUT2D eigenvalue weighted by Crippen LogP contribution is 2.41. The van der Waals surface area contributed by atoms with Gasteiger partial charge in [0.1, 0.15) is 11.5 Å². The summed E-state index contributed by atoms with van der Waals surface area (Å²) in [5.74, 6) is 1.10. The molecule has 0 N–H and O–H groups in total. The van der Waals surface area contributed by atoms with Crippen LogP contribution in [0.3, 0.4) is 0 Å². The zero-order valence-corrected chi connectivity index (χ0v) is 18.6. The van der Waals surface area contributed by atoms with Crippen molar-refractivity contribution in [2.45, 2.75) is 96.8 Å². The third kappa shape index (κ3) is 6.13. The molecule has 0 fully saturated rings. The fraction of sp³-hybridized carbons (Fsp3) is 0.652. The van der Waals surface area contributed by atoms with Gasteiger partial charge in [0.2, 0.25) is 0 Å². The van der Waals surface area contributed by atoms with Crippen LogP contribution in [0.4, 0.5) is 8.78 Å². The van der Waals surface area contributed by atoms with E-state index in [2.05, 4.69) is 6.92 Å². The van der Waals surface area contributed by atoms with Crippen molar-refractivity contribution < 1.29 is 17.6 Å². The fourth-order valence-corrected chi connectivity index (χ4v) is 4.49. The van der Waals surface area contributed by atoms with Crippen LogP contribution in [0.2, 0.25) is 0 Å². The second-order valence-corrected chi connectivity index (χ2v) is 8.69. The van der Waals surface area contributed by atoms with Crippen LogP contribution in [0, 0.1) is 32.4 Å². The predicted molar refractivity (Wildman–Crippen MR) is 113 cm³/mol. The molecule has 2 aromatic heterocycles. The molecule has 0 amide bonds. The Labute approximate surface area is 172 Å². The summed E-state index contributed by atoms with van der Waals surface area (Å²) < 4.78 is 39.6. The molecule has 0 aliphatic carbocycles. The highest BCUT2D eigenvalue weighted by atomic mass is 32.2. The number of hydrogen-bond donors (Lipinski definition) is 0. The molecule has 0 aliphatic heterocycles. The van der Waals surface area contributed by atoms with Crippen molar-refractivity contribution in [2.75, 3.05) is 5.75 Å². The smallest absolute Gasteiger partial charge is 0.186 e. The predicted octanol–water partition coefficient (Wildman–Crippen LogP) is 8.76. The van der Waals surface area contributed by atoms with Crippen LogP contribution in [0.25, 0.3) is 11.5 Å². The number of furan rings is 2. The van der Waals surface area contributed by atoms with Crippen LogP contribution < -0.4 is 0 Å². The van der Waals surface area contributed by atoms with E-state index in [-0.39, 0.29) is 17.3 Å². The van der Waals surface area contributed by atoms with Crippen LogP contribution in [0.15, 0.2) is 13.7 Å². The van der Waals surface area contributed by atoms with Gasteiger partial charge in [-0.05, 0) is 32.9 Å². The van der Waals surface area contributed by atoms with E-state index in [0.717, 1.165) is 18.6 Å². The highest BCUT2D eigenvalue weighted by Gasteiger charge is 2.26. The topological polar surface area (TPSA) is 26.3 Å². The molecule has 2 rings (SSSR count). The minimum Gasteiger partial charge on any atom is -0.455 e. The van der Waals surface area contributed by atoms with Crippen LogP contribution in [-0.2, 0) is 0 Å². The molecule has 28 heavy (non-hydrogen) atoms. The Kier molecular flexibility index (Phi) is 9.63. The summed E-state index contributed by atoms with van der Waals surface area (Å²) in [6, 6.07) is 0. The molecule has 2 nitrogen and oxygen atoms in total. The molecule has 5 heteroatoms. The average Bonchev–Trinajstić information content (AvgIpc) is 3.10. The lowest BCUT2D eigenvalue weighted by Gasteiger charge is -2.03.